The standard InChI is InChI=1S/C16H22N2O5/c1-9(2)17-16(21)18-14(19)11(4)23-15(20)12-7-6-10(3)13(8-12)22-5/h6-9,11H,1-5H3,(H2,17,18,19,21)/t11-/m0/s1. The van der Waals surface area contributed by atoms with Gasteiger partial charge in [-0.3, -0.25) is 10.1 Å². The normalized spacial score (nSPS) is 11.6. The molecule has 7 nitrogen and oxygen atoms in total. The highest BCUT2D eigenvalue weighted by Crippen LogP contribution is 2.19. The van der Waals surface area contributed by atoms with Gasteiger partial charge >= 0.3 is 12.0 Å². The van der Waals surface area contributed by atoms with E-state index in [0.717, 1.165) is 5.56 Å². The average molecular weight is 322 g/mol. The number of rotatable bonds is 5. The molecular weight excluding hydrogens is 300 g/mol. The number of ether oxygens (including phenoxy) is 2. The molecule has 0 spiro atoms. The van der Waals surface area contributed by atoms with Gasteiger partial charge in [-0.2, -0.15) is 0 Å². The molecule has 0 saturated heterocycles. The highest BCUT2D eigenvalue weighted by Gasteiger charge is 2.21. The predicted octanol–water partition coefficient (Wildman–Crippen LogP) is 1.78. The quantitative estimate of drug-likeness (QED) is 0.806. The highest BCUT2D eigenvalue weighted by atomic mass is 16.5. The van der Waals surface area contributed by atoms with Gasteiger partial charge in [0.15, 0.2) is 6.10 Å². The smallest absolute Gasteiger partial charge is 0.339 e. The van der Waals surface area contributed by atoms with Crippen molar-refractivity contribution in [1.82, 2.24) is 10.6 Å². The van der Waals surface area contributed by atoms with Crippen molar-refractivity contribution in [2.75, 3.05) is 7.11 Å². The van der Waals surface area contributed by atoms with Crippen molar-refractivity contribution in [3.8, 4) is 5.75 Å². The van der Waals surface area contributed by atoms with Crippen LogP contribution in [0.15, 0.2) is 18.2 Å². The Bertz CT molecular complexity index is 598. The van der Waals surface area contributed by atoms with Crippen LogP contribution in [0.5, 0.6) is 5.75 Å². The molecule has 23 heavy (non-hydrogen) atoms. The molecular formula is C16H22N2O5. The van der Waals surface area contributed by atoms with Crippen LogP contribution < -0.4 is 15.4 Å². The lowest BCUT2D eigenvalue weighted by atomic mass is 10.1. The van der Waals surface area contributed by atoms with E-state index in [1.165, 1.54) is 20.1 Å². The lowest BCUT2D eigenvalue weighted by Crippen LogP contribution is -2.46. The van der Waals surface area contributed by atoms with Gasteiger partial charge in [0, 0.05) is 6.04 Å². The van der Waals surface area contributed by atoms with Crippen molar-refractivity contribution in [2.24, 2.45) is 0 Å². The van der Waals surface area contributed by atoms with E-state index in [4.69, 9.17) is 9.47 Å². The molecule has 3 amide bonds. The van der Waals surface area contributed by atoms with Crippen LogP contribution in [0.25, 0.3) is 0 Å². The van der Waals surface area contributed by atoms with Gasteiger partial charge in [-0.15, -0.1) is 0 Å². The summed E-state index contributed by atoms with van der Waals surface area (Å²) in [5.41, 5.74) is 1.14. The van der Waals surface area contributed by atoms with Crippen LogP contribution in [-0.2, 0) is 9.53 Å². The molecule has 126 valence electrons. The molecule has 0 unspecified atom stereocenters. The third kappa shape index (κ3) is 5.61. The molecule has 0 fully saturated rings. The summed E-state index contributed by atoms with van der Waals surface area (Å²) in [6.45, 7) is 6.76. The molecule has 0 saturated carbocycles. The maximum atomic E-state index is 12.0. The maximum absolute atomic E-state index is 12.0. The summed E-state index contributed by atoms with van der Waals surface area (Å²) < 4.78 is 10.2. The van der Waals surface area contributed by atoms with Gasteiger partial charge in [0.25, 0.3) is 5.91 Å². The Morgan fingerprint density at radius 3 is 2.35 bits per heavy atom. The summed E-state index contributed by atoms with van der Waals surface area (Å²) in [5.74, 6) is -0.821. The SMILES string of the molecule is COc1cc(C(=O)O[C@@H](C)C(=O)NC(=O)NC(C)C)ccc1C. The van der Waals surface area contributed by atoms with Gasteiger partial charge in [-0.1, -0.05) is 6.07 Å². The van der Waals surface area contributed by atoms with Gasteiger partial charge in [-0.25, -0.2) is 9.59 Å². The van der Waals surface area contributed by atoms with Crippen LogP contribution in [0.1, 0.15) is 36.7 Å². The molecule has 1 aromatic carbocycles. The molecule has 1 aromatic rings. The monoisotopic (exact) mass is 322 g/mol. The number of imide groups is 1. The number of carbonyl (C=O) groups excluding carboxylic acids is 3. The minimum absolute atomic E-state index is 0.110. The zero-order valence-corrected chi connectivity index (χ0v) is 13.9. The Kier molecular flexibility index (Phi) is 6.56. The molecule has 7 heteroatoms. The third-order valence-corrected chi connectivity index (χ3v) is 2.95. The first kappa shape index (κ1) is 18.5. The maximum Gasteiger partial charge on any atom is 0.339 e. The van der Waals surface area contributed by atoms with Crippen LogP contribution >= 0.6 is 0 Å². The third-order valence-electron chi connectivity index (χ3n) is 2.95. The number of methoxy groups -OCH3 is 1. The second-order valence-corrected chi connectivity index (χ2v) is 5.35. The fourth-order valence-corrected chi connectivity index (χ4v) is 1.74. The van der Waals surface area contributed by atoms with Crippen molar-refractivity contribution in [3.05, 3.63) is 29.3 Å². The van der Waals surface area contributed by atoms with Crippen molar-refractivity contribution in [1.29, 1.82) is 0 Å². The molecule has 0 bridgehead atoms. The van der Waals surface area contributed by atoms with E-state index in [-0.39, 0.29) is 11.6 Å². The fourth-order valence-electron chi connectivity index (χ4n) is 1.74. The summed E-state index contributed by atoms with van der Waals surface area (Å²) in [6.07, 6.45) is -1.10. The first-order valence-electron chi connectivity index (χ1n) is 7.21. The number of aryl methyl sites for hydroxylation is 1. The van der Waals surface area contributed by atoms with Crippen LogP contribution in [0.4, 0.5) is 4.79 Å². The van der Waals surface area contributed by atoms with Crippen LogP contribution in [0.2, 0.25) is 0 Å². The Morgan fingerprint density at radius 2 is 1.78 bits per heavy atom. The highest BCUT2D eigenvalue weighted by molar-refractivity contribution is 5.98. The number of carbonyl (C=O) groups is 3. The summed E-state index contributed by atoms with van der Waals surface area (Å²) in [4.78, 5) is 35.3. The van der Waals surface area contributed by atoms with Crippen molar-refractivity contribution in [2.45, 2.75) is 39.8 Å². The average Bonchev–Trinajstić information content (AvgIpc) is 2.46. The minimum atomic E-state index is -1.10. The van der Waals surface area contributed by atoms with Gasteiger partial charge < -0.3 is 14.8 Å². The molecule has 0 heterocycles. The van der Waals surface area contributed by atoms with E-state index in [0.29, 0.717) is 5.75 Å². The van der Waals surface area contributed by atoms with E-state index >= 15 is 0 Å². The number of nitrogens with one attached hydrogen (secondary N) is 2. The number of amides is 3. The Morgan fingerprint density at radius 1 is 1.13 bits per heavy atom. The van der Waals surface area contributed by atoms with E-state index in [1.807, 2.05) is 6.92 Å². The molecule has 0 aromatic heterocycles. The molecule has 0 radical (unpaired) electrons. The van der Waals surface area contributed by atoms with Crippen molar-refractivity contribution < 1.29 is 23.9 Å². The Labute approximate surface area is 135 Å². The molecule has 1 atom stereocenters. The van der Waals surface area contributed by atoms with Gasteiger partial charge in [0.1, 0.15) is 5.75 Å². The summed E-state index contributed by atoms with van der Waals surface area (Å²) in [6, 6.07) is 4.09. The van der Waals surface area contributed by atoms with Crippen molar-refractivity contribution >= 4 is 17.9 Å². The fraction of sp³-hybridized carbons (Fsp3) is 0.438. The molecule has 0 aliphatic rings. The largest absolute Gasteiger partial charge is 0.496 e. The van der Waals surface area contributed by atoms with E-state index in [1.54, 1.807) is 26.0 Å². The first-order chi connectivity index (χ1) is 10.7. The Hall–Kier alpha value is -2.57. The van der Waals surface area contributed by atoms with E-state index < -0.39 is 24.0 Å². The lowest BCUT2D eigenvalue weighted by molar-refractivity contribution is -0.127. The predicted molar refractivity (Wildman–Crippen MR) is 84.4 cm³/mol. The summed E-state index contributed by atoms with van der Waals surface area (Å²) >= 11 is 0. The summed E-state index contributed by atoms with van der Waals surface area (Å²) in [7, 11) is 1.50. The number of hydrogen-bond donors (Lipinski definition) is 2. The van der Waals surface area contributed by atoms with Gasteiger partial charge in [-0.05, 0) is 45.4 Å². The number of esters is 1. The van der Waals surface area contributed by atoms with E-state index in [2.05, 4.69) is 10.6 Å². The molecule has 0 aliphatic carbocycles. The molecule has 2 N–H and O–H groups in total. The molecule has 0 aliphatic heterocycles. The summed E-state index contributed by atoms with van der Waals surface area (Å²) in [5, 5.41) is 4.62. The zero-order chi connectivity index (χ0) is 17.6. The zero-order valence-electron chi connectivity index (χ0n) is 13.9. The number of benzene rings is 1. The minimum Gasteiger partial charge on any atom is -0.496 e. The lowest BCUT2D eigenvalue weighted by Gasteiger charge is -2.15. The second kappa shape index (κ2) is 8.17. The van der Waals surface area contributed by atoms with Crippen LogP contribution in [0.3, 0.4) is 0 Å². The Balaban J connectivity index is 2.66. The van der Waals surface area contributed by atoms with E-state index in [9.17, 15) is 14.4 Å². The van der Waals surface area contributed by atoms with Crippen LogP contribution in [0, 0.1) is 6.92 Å². The number of urea groups is 1. The van der Waals surface area contributed by atoms with Gasteiger partial charge in [0.05, 0.1) is 12.7 Å². The van der Waals surface area contributed by atoms with Gasteiger partial charge in [0.2, 0.25) is 0 Å². The van der Waals surface area contributed by atoms with Crippen molar-refractivity contribution in [3.63, 3.8) is 0 Å². The topological polar surface area (TPSA) is 93.7 Å². The van der Waals surface area contributed by atoms with Crippen LogP contribution in [-0.4, -0.2) is 37.2 Å². The second-order valence-electron chi connectivity index (χ2n) is 5.35. The number of hydrogen-bond acceptors (Lipinski definition) is 5. The first-order valence-corrected chi connectivity index (χ1v) is 7.21. The molecule has 1 rings (SSSR count).